The number of nitrogens with zero attached hydrogens (tertiary/aromatic N) is 1. The van der Waals surface area contributed by atoms with Crippen molar-refractivity contribution in [2.45, 2.75) is 0 Å². The zero-order valence-electron chi connectivity index (χ0n) is 40.7. The normalized spacial score (nSPS) is 14.3. The van der Waals surface area contributed by atoms with Crippen molar-refractivity contribution < 1.29 is 19.5 Å². The second-order valence-electron chi connectivity index (χ2n) is 13.7. The zero-order chi connectivity index (χ0) is 46.6. The van der Waals surface area contributed by atoms with Gasteiger partial charge in [-0.25, -0.2) is 0 Å². The first-order valence-corrected chi connectivity index (χ1v) is 18.3. The highest BCUT2D eigenvalue weighted by Gasteiger charge is 2.21. The Morgan fingerprint density at radius 2 is 1.05 bits per heavy atom. The van der Waals surface area contributed by atoms with Crippen LogP contribution < -0.4 is 4.90 Å². The van der Waals surface area contributed by atoms with Crippen LogP contribution >= 0.6 is 0 Å². The number of hydrogen-bond donors (Lipinski definition) is 0. The Morgan fingerprint density at radius 3 is 1.88 bits per heavy atom. The standard InChI is InChI=1S/C54H35NO/c1-2-12-43-35-44(24-23-36(43)9-1)39-21-19-37(20-22-39)38-25-30-45(31-26-38)55(46-32-27-42(28-33-46)48-16-7-13-40-10-3-5-14-47(40)48)51-17-8-18-52-53(51)50-34-29-41-11-4-6-15-49(41)54(50)56-52/h1-35H/i3D,5D,7D,10D,13D,14D,16D,27D,28D,32D,33D. The summed E-state index contributed by atoms with van der Waals surface area (Å²) in [7, 11) is 0. The summed E-state index contributed by atoms with van der Waals surface area (Å²) < 4.78 is 106. The molecular formula is C54H35NO. The quantitative estimate of drug-likeness (QED) is 0.170. The van der Waals surface area contributed by atoms with E-state index in [1.54, 1.807) is 11.0 Å². The Morgan fingerprint density at radius 1 is 0.393 bits per heavy atom. The van der Waals surface area contributed by atoms with Crippen LogP contribution in [0.3, 0.4) is 0 Å². The lowest BCUT2D eigenvalue weighted by Gasteiger charge is -2.26. The third kappa shape index (κ3) is 5.42. The van der Waals surface area contributed by atoms with E-state index in [2.05, 4.69) is 54.6 Å². The predicted molar refractivity (Wildman–Crippen MR) is 237 cm³/mol. The molecule has 0 fully saturated rings. The van der Waals surface area contributed by atoms with E-state index in [1.165, 1.54) is 5.39 Å². The van der Waals surface area contributed by atoms with Crippen LogP contribution in [0.5, 0.6) is 0 Å². The molecule has 2 nitrogen and oxygen atoms in total. The van der Waals surface area contributed by atoms with Gasteiger partial charge in [0.1, 0.15) is 11.2 Å². The van der Waals surface area contributed by atoms with Crippen molar-refractivity contribution in [2.75, 3.05) is 4.90 Å². The lowest BCUT2D eigenvalue weighted by atomic mass is 9.97. The molecule has 0 saturated carbocycles. The SMILES string of the molecule is [2H]c1c([2H])c(N(c2ccc(-c3ccc(-c4ccc5ccccc5c4)cc3)cc2)c2cccc3oc4c5ccccc5ccc4c23)c([2H])c([2H])c1-c1c([2H])c([2H])c([2H])c2c([2H])c([2H])c([2H])c([2H])c12. The molecule has 0 unspecified atom stereocenters. The van der Waals surface area contributed by atoms with Gasteiger partial charge in [-0.3, -0.25) is 0 Å². The van der Waals surface area contributed by atoms with Gasteiger partial charge in [0.25, 0.3) is 0 Å². The fourth-order valence-corrected chi connectivity index (χ4v) is 7.68. The van der Waals surface area contributed by atoms with E-state index in [-0.39, 0.29) is 22.0 Å². The van der Waals surface area contributed by atoms with Crippen LogP contribution in [-0.2, 0) is 0 Å². The highest BCUT2D eigenvalue weighted by atomic mass is 16.3. The molecule has 1 heterocycles. The minimum atomic E-state index is -0.676. The number of hydrogen-bond acceptors (Lipinski definition) is 2. The second-order valence-corrected chi connectivity index (χ2v) is 13.7. The number of benzene rings is 10. The van der Waals surface area contributed by atoms with Crippen molar-refractivity contribution in [2.24, 2.45) is 0 Å². The number of rotatable bonds is 6. The molecule has 0 aliphatic carbocycles. The summed E-state index contributed by atoms with van der Waals surface area (Å²) in [5.41, 5.74) is 5.25. The Hall–Kier alpha value is -7.42. The highest BCUT2D eigenvalue weighted by Crippen LogP contribution is 2.45. The van der Waals surface area contributed by atoms with Gasteiger partial charge in [-0.2, -0.15) is 0 Å². The van der Waals surface area contributed by atoms with E-state index in [9.17, 15) is 5.48 Å². The zero-order valence-corrected chi connectivity index (χ0v) is 29.7. The van der Waals surface area contributed by atoms with Crippen LogP contribution in [0.25, 0.3) is 87.6 Å². The monoisotopic (exact) mass is 724 g/mol. The smallest absolute Gasteiger partial charge is 0.143 e. The maximum Gasteiger partial charge on any atom is 0.143 e. The van der Waals surface area contributed by atoms with Gasteiger partial charge in [-0.05, 0) is 109 Å². The summed E-state index contributed by atoms with van der Waals surface area (Å²) in [6.45, 7) is 0. The average Bonchev–Trinajstić information content (AvgIpc) is 3.75. The van der Waals surface area contributed by atoms with Crippen molar-refractivity contribution in [1.29, 1.82) is 0 Å². The first-order valence-electron chi connectivity index (χ1n) is 23.8. The molecule has 2 heteroatoms. The van der Waals surface area contributed by atoms with Gasteiger partial charge in [0.05, 0.1) is 26.2 Å². The maximum absolute atomic E-state index is 9.70. The highest BCUT2D eigenvalue weighted by molar-refractivity contribution is 6.19. The predicted octanol–water partition coefficient (Wildman–Crippen LogP) is 15.5. The van der Waals surface area contributed by atoms with Crippen LogP contribution in [0.1, 0.15) is 15.1 Å². The van der Waals surface area contributed by atoms with Crippen molar-refractivity contribution in [3.63, 3.8) is 0 Å². The molecule has 0 spiro atoms. The maximum atomic E-state index is 9.70. The molecule has 56 heavy (non-hydrogen) atoms. The molecule has 11 rings (SSSR count). The Balaban J connectivity index is 1.12. The number of fused-ring (bicyclic) bond motifs is 7. The van der Waals surface area contributed by atoms with Gasteiger partial charge in [0.2, 0.25) is 0 Å². The first-order chi connectivity index (χ1) is 32.3. The molecule has 0 aliphatic heterocycles. The van der Waals surface area contributed by atoms with Crippen molar-refractivity contribution in [3.8, 4) is 33.4 Å². The minimum Gasteiger partial charge on any atom is -0.455 e. The summed E-state index contributed by atoms with van der Waals surface area (Å²) in [6, 6.07) is 41.1. The van der Waals surface area contributed by atoms with E-state index in [1.807, 2.05) is 84.9 Å². The fourth-order valence-electron chi connectivity index (χ4n) is 7.68. The van der Waals surface area contributed by atoms with Crippen LogP contribution in [0.2, 0.25) is 0 Å². The summed E-state index contributed by atoms with van der Waals surface area (Å²) in [5, 5.41) is 4.95. The lowest BCUT2D eigenvalue weighted by Crippen LogP contribution is -2.10. The van der Waals surface area contributed by atoms with Gasteiger partial charge in [-0.1, -0.05) is 164 Å². The van der Waals surface area contributed by atoms with Gasteiger partial charge < -0.3 is 9.32 Å². The molecule has 11 aromatic rings. The van der Waals surface area contributed by atoms with E-state index < -0.39 is 72.0 Å². The summed E-state index contributed by atoms with van der Waals surface area (Å²) in [5.74, 6) is 0. The van der Waals surface area contributed by atoms with Gasteiger partial charge in [0.15, 0.2) is 0 Å². The summed E-state index contributed by atoms with van der Waals surface area (Å²) in [4.78, 5) is 1.66. The van der Waals surface area contributed by atoms with Crippen molar-refractivity contribution in [1.82, 2.24) is 0 Å². The Bertz CT molecular complexity index is 3850. The van der Waals surface area contributed by atoms with E-state index in [0.717, 1.165) is 43.8 Å². The van der Waals surface area contributed by atoms with Gasteiger partial charge >= 0.3 is 0 Å². The summed E-state index contributed by atoms with van der Waals surface area (Å²) in [6.07, 6.45) is 0. The van der Waals surface area contributed by atoms with E-state index in [4.69, 9.17) is 14.0 Å². The molecule has 0 radical (unpaired) electrons. The van der Waals surface area contributed by atoms with Crippen LogP contribution in [-0.4, -0.2) is 0 Å². The molecule has 10 aromatic carbocycles. The molecule has 0 bridgehead atoms. The topological polar surface area (TPSA) is 16.4 Å². The largest absolute Gasteiger partial charge is 0.455 e. The van der Waals surface area contributed by atoms with Gasteiger partial charge in [-0.15, -0.1) is 0 Å². The molecule has 0 N–H and O–H groups in total. The molecule has 0 atom stereocenters. The van der Waals surface area contributed by atoms with Crippen LogP contribution in [0, 0.1) is 0 Å². The van der Waals surface area contributed by atoms with E-state index >= 15 is 0 Å². The minimum absolute atomic E-state index is 0.130. The van der Waals surface area contributed by atoms with Crippen molar-refractivity contribution >= 4 is 71.3 Å². The third-order valence-electron chi connectivity index (χ3n) is 10.4. The summed E-state index contributed by atoms with van der Waals surface area (Å²) >= 11 is 0. The molecule has 0 aliphatic rings. The molecular weight excluding hydrogens is 679 g/mol. The third-order valence-corrected chi connectivity index (χ3v) is 10.4. The van der Waals surface area contributed by atoms with Crippen molar-refractivity contribution in [3.05, 3.63) is 212 Å². The molecule has 1 aromatic heterocycles. The fraction of sp³-hybridized carbons (Fsp3) is 0. The Labute approximate surface area is 340 Å². The number of furan rings is 1. The van der Waals surface area contributed by atoms with Gasteiger partial charge in [0, 0.05) is 22.1 Å². The number of anilines is 3. The first kappa shape index (κ1) is 22.7. The van der Waals surface area contributed by atoms with Crippen LogP contribution in [0.15, 0.2) is 216 Å². The average molecular weight is 725 g/mol. The molecule has 0 amide bonds. The molecule has 262 valence electrons. The lowest BCUT2D eigenvalue weighted by molar-refractivity contribution is 0.672. The van der Waals surface area contributed by atoms with Crippen LogP contribution in [0.4, 0.5) is 17.1 Å². The molecule has 0 saturated heterocycles. The second kappa shape index (κ2) is 13.2. The Kier molecular flexibility index (Phi) is 5.34. The van der Waals surface area contributed by atoms with E-state index in [0.29, 0.717) is 27.9 Å².